The molecule has 0 spiro atoms. The largest absolute Gasteiger partial charge is 0.115 e. The van der Waals surface area contributed by atoms with Crippen LogP contribution in [-0.4, -0.2) is 0 Å². The van der Waals surface area contributed by atoms with E-state index in [0.717, 1.165) is 12.0 Å². The van der Waals surface area contributed by atoms with Crippen molar-refractivity contribution in [1.29, 1.82) is 0 Å². The highest BCUT2D eigenvalue weighted by molar-refractivity contribution is 5.47. The zero-order valence-electron chi connectivity index (χ0n) is 10.4. The number of hydrogen-bond acceptors (Lipinski definition) is 0. The SMILES string of the molecule is C#CC(C)=C1C(C(=C)CCC)C1C(C)C. The van der Waals surface area contributed by atoms with Crippen molar-refractivity contribution in [2.24, 2.45) is 17.8 Å². The Morgan fingerprint density at radius 3 is 2.53 bits per heavy atom. The van der Waals surface area contributed by atoms with E-state index < -0.39 is 0 Å². The Morgan fingerprint density at radius 1 is 1.53 bits per heavy atom. The lowest BCUT2D eigenvalue weighted by atomic mass is 10.0. The van der Waals surface area contributed by atoms with Gasteiger partial charge in [-0.25, -0.2) is 0 Å². The first-order valence-corrected chi connectivity index (χ1v) is 5.89. The van der Waals surface area contributed by atoms with Gasteiger partial charge in [0.1, 0.15) is 0 Å². The third-order valence-corrected chi connectivity index (χ3v) is 3.32. The Labute approximate surface area is 94.5 Å². The molecule has 0 bridgehead atoms. The van der Waals surface area contributed by atoms with Gasteiger partial charge in [0.15, 0.2) is 0 Å². The maximum atomic E-state index is 5.47. The molecular weight excluding hydrogens is 180 g/mol. The van der Waals surface area contributed by atoms with E-state index in [1.54, 1.807) is 0 Å². The second-order valence-corrected chi connectivity index (χ2v) is 4.88. The van der Waals surface area contributed by atoms with E-state index in [-0.39, 0.29) is 0 Å². The van der Waals surface area contributed by atoms with Crippen molar-refractivity contribution >= 4 is 0 Å². The fraction of sp³-hybridized carbons (Fsp3) is 0.600. The third-order valence-electron chi connectivity index (χ3n) is 3.32. The van der Waals surface area contributed by atoms with Crippen molar-refractivity contribution in [3.8, 4) is 12.3 Å². The summed E-state index contributed by atoms with van der Waals surface area (Å²) in [5, 5.41) is 0. The van der Waals surface area contributed by atoms with Gasteiger partial charge in [0.05, 0.1) is 0 Å². The molecule has 0 saturated heterocycles. The van der Waals surface area contributed by atoms with Crippen molar-refractivity contribution in [2.45, 2.75) is 40.5 Å². The average molecular weight is 202 g/mol. The highest BCUT2D eigenvalue weighted by atomic mass is 14.5. The molecule has 1 rings (SSSR count). The molecule has 0 aromatic carbocycles. The second-order valence-electron chi connectivity index (χ2n) is 4.88. The molecule has 0 radical (unpaired) electrons. The maximum Gasteiger partial charge on any atom is 0.00881 e. The first-order valence-electron chi connectivity index (χ1n) is 5.89. The van der Waals surface area contributed by atoms with Gasteiger partial charge in [0, 0.05) is 5.92 Å². The van der Waals surface area contributed by atoms with Gasteiger partial charge in [-0.3, -0.25) is 0 Å². The minimum Gasteiger partial charge on any atom is -0.115 e. The fourth-order valence-electron chi connectivity index (χ4n) is 2.54. The van der Waals surface area contributed by atoms with Crippen molar-refractivity contribution in [2.75, 3.05) is 0 Å². The Kier molecular flexibility index (Phi) is 3.80. The van der Waals surface area contributed by atoms with Crippen LogP contribution in [-0.2, 0) is 0 Å². The molecular formula is C15H22. The number of hydrogen-bond donors (Lipinski definition) is 0. The van der Waals surface area contributed by atoms with Gasteiger partial charge in [-0.05, 0) is 36.3 Å². The first kappa shape index (κ1) is 12.1. The summed E-state index contributed by atoms with van der Waals surface area (Å²) >= 11 is 0. The summed E-state index contributed by atoms with van der Waals surface area (Å²) < 4.78 is 0. The summed E-state index contributed by atoms with van der Waals surface area (Å²) in [5.74, 6) is 4.71. The summed E-state index contributed by atoms with van der Waals surface area (Å²) in [5.41, 5.74) is 3.99. The van der Waals surface area contributed by atoms with E-state index in [1.165, 1.54) is 17.6 Å². The van der Waals surface area contributed by atoms with Crippen LogP contribution in [0.15, 0.2) is 23.3 Å². The van der Waals surface area contributed by atoms with Crippen LogP contribution in [0.5, 0.6) is 0 Å². The monoisotopic (exact) mass is 202 g/mol. The number of allylic oxidation sites excluding steroid dienone is 3. The van der Waals surface area contributed by atoms with E-state index in [4.69, 9.17) is 6.42 Å². The number of terminal acetylenes is 1. The minimum absolute atomic E-state index is 0.584. The first-order chi connectivity index (χ1) is 7.04. The predicted octanol–water partition coefficient (Wildman–Crippen LogP) is 4.19. The van der Waals surface area contributed by atoms with Crippen LogP contribution >= 0.6 is 0 Å². The molecule has 0 heteroatoms. The summed E-state index contributed by atoms with van der Waals surface area (Å²) in [4.78, 5) is 0. The van der Waals surface area contributed by atoms with Gasteiger partial charge in [-0.2, -0.15) is 0 Å². The molecule has 2 atom stereocenters. The Balaban J connectivity index is 2.84. The lowest BCUT2D eigenvalue weighted by Gasteiger charge is -2.03. The Morgan fingerprint density at radius 2 is 2.13 bits per heavy atom. The molecule has 0 aliphatic heterocycles. The van der Waals surface area contributed by atoms with Gasteiger partial charge in [-0.1, -0.05) is 45.3 Å². The maximum absolute atomic E-state index is 5.47. The summed E-state index contributed by atoms with van der Waals surface area (Å²) in [6.07, 6.45) is 7.79. The van der Waals surface area contributed by atoms with E-state index in [9.17, 15) is 0 Å². The molecule has 82 valence electrons. The molecule has 0 aromatic heterocycles. The number of rotatable bonds is 4. The van der Waals surface area contributed by atoms with Gasteiger partial charge in [0.25, 0.3) is 0 Å². The van der Waals surface area contributed by atoms with Crippen molar-refractivity contribution in [3.05, 3.63) is 23.3 Å². The summed E-state index contributed by atoms with van der Waals surface area (Å²) in [6, 6.07) is 0. The van der Waals surface area contributed by atoms with E-state index in [0.29, 0.717) is 17.8 Å². The van der Waals surface area contributed by atoms with Crippen molar-refractivity contribution in [3.63, 3.8) is 0 Å². The normalized spacial score (nSPS) is 27.5. The van der Waals surface area contributed by atoms with Crippen LogP contribution in [0.4, 0.5) is 0 Å². The second kappa shape index (κ2) is 4.71. The molecule has 1 fully saturated rings. The highest BCUT2D eigenvalue weighted by Gasteiger charge is 2.47. The van der Waals surface area contributed by atoms with Crippen LogP contribution in [0.2, 0.25) is 0 Å². The molecule has 0 aromatic rings. The molecule has 0 nitrogen and oxygen atoms in total. The Hall–Kier alpha value is -0.960. The van der Waals surface area contributed by atoms with Crippen LogP contribution < -0.4 is 0 Å². The smallest absolute Gasteiger partial charge is 0.00881 e. The molecule has 1 aliphatic carbocycles. The summed E-state index contributed by atoms with van der Waals surface area (Å²) in [7, 11) is 0. The van der Waals surface area contributed by atoms with Gasteiger partial charge in [0.2, 0.25) is 0 Å². The molecule has 0 amide bonds. The van der Waals surface area contributed by atoms with Gasteiger partial charge in [-0.15, -0.1) is 6.42 Å². The zero-order chi connectivity index (χ0) is 11.6. The quantitative estimate of drug-likeness (QED) is 0.473. The topological polar surface area (TPSA) is 0 Å². The molecule has 2 unspecified atom stereocenters. The van der Waals surface area contributed by atoms with Crippen molar-refractivity contribution < 1.29 is 0 Å². The predicted molar refractivity (Wildman–Crippen MR) is 67.4 cm³/mol. The standard InChI is InChI=1S/C15H22/c1-7-9-12(6)15-13(10(3)4)14(15)11(5)8-2/h2,10,13,15H,6-7,9H2,1,3-5H3. The lowest BCUT2D eigenvalue weighted by Crippen LogP contribution is -1.94. The molecule has 0 heterocycles. The average Bonchev–Trinajstić information content (AvgIpc) is 2.92. The van der Waals surface area contributed by atoms with Gasteiger partial charge >= 0.3 is 0 Å². The minimum atomic E-state index is 0.584. The van der Waals surface area contributed by atoms with Crippen LogP contribution in [0.25, 0.3) is 0 Å². The van der Waals surface area contributed by atoms with E-state index in [1.807, 2.05) is 0 Å². The van der Waals surface area contributed by atoms with Gasteiger partial charge < -0.3 is 0 Å². The highest BCUT2D eigenvalue weighted by Crippen LogP contribution is 2.56. The van der Waals surface area contributed by atoms with E-state index >= 15 is 0 Å². The van der Waals surface area contributed by atoms with Crippen LogP contribution in [0, 0.1) is 30.1 Å². The zero-order valence-corrected chi connectivity index (χ0v) is 10.4. The molecule has 0 N–H and O–H groups in total. The summed E-state index contributed by atoms with van der Waals surface area (Å²) in [6.45, 7) is 13.0. The van der Waals surface area contributed by atoms with E-state index in [2.05, 4.69) is 40.2 Å². The van der Waals surface area contributed by atoms with Crippen LogP contribution in [0.3, 0.4) is 0 Å². The lowest BCUT2D eigenvalue weighted by molar-refractivity contribution is 0.539. The molecule has 15 heavy (non-hydrogen) atoms. The Bertz CT molecular complexity index is 322. The molecule has 1 saturated carbocycles. The third kappa shape index (κ3) is 2.34. The molecule has 1 aliphatic rings. The fourth-order valence-corrected chi connectivity index (χ4v) is 2.54. The van der Waals surface area contributed by atoms with Crippen LogP contribution in [0.1, 0.15) is 40.5 Å². The van der Waals surface area contributed by atoms with Crippen molar-refractivity contribution in [1.82, 2.24) is 0 Å².